The minimum atomic E-state index is -1.38. The number of aromatic carboxylic acids is 1. The highest BCUT2D eigenvalue weighted by Gasteiger charge is 2.20. The Hall–Kier alpha value is -2.60. The van der Waals surface area contributed by atoms with E-state index in [4.69, 9.17) is 16.3 Å². The van der Waals surface area contributed by atoms with Gasteiger partial charge >= 0.3 is 11.9 Å². The van der Waals surface area contributed by atoms with Crippen molar-refractivity contribution in [2.24, 2.45) is 0 Å². The molecule has 0 atom stereocenters. The SMILES string of the molecule is CC(C)(C)OC(=O)Cn1cc(-c2ccccc2Cl)cc(C(=O)O)c1=O. The molecule has 1 aromatic carbocycles. The molecular formula is C18H18ClNO5. The van der Waals surface area contributed by atoms with E-state index in [1.807, 2.05) is 0 Å². The number of benzene rings is 1. The molecular weight excluding hydrogens is 346 g/mol. The molecule has 0 aliphatic heterocycles. The van der Waals surface area contributed by atoms with Gasteiger partial charge in [0.2, 0.25) is 0 Å². The molecule has 1 N–H and O–H groups in total. The molecule has 0 aliphatic carbocycles. The first-order valence-corrected chi connectivity index (χ1v) is 7.91. The molecule has 6 nitrogen and oxygen atoms in total. The van der Waals surface area contributed by atoms with Gasteiger partial charge in [0.15, 0.2) is 0 Å². The van der Waals surface area contributed by atoms with Gasteiger partial charge in [-0.25, -0.2) is 4.79 Å². The van der Waals surface area contributed by atoms with Crippen LogP contribution < -0.4 is 5.56 Å². The number of ether oxygens (including phenoxy) is 1. The van der Waals surface area contributed by atoms with Gasteiger partial charge in [0, 0.05) is 22.3 Å². The van der Waals surface area contributed by atoms with Crippen molar-refractivity contribution < 1.29 is 19.4 Å². The van der Waals surface area contributed by atoms with Crippen LogP contribution in [0.2, 0.25) is 5.02 Å². The van der Waals surface area contributed by atoms with Gasteiger partial charge in [0.05, 0.1) is 0 Å². The molecule has 1 heterocycles. The molecule has 25 heavy (non-hydrogen) atoms. The summed E-state index contributed by atoms with van der Waals surface area (Å²) in [6.07, 6.45) is 1.40. The normalized spacial score (nSPS) is 11.2. The average molecular weight is 364 g/mol. The number of pyridine rings is 1. The third kappa shape index (κ3) is 4.70. The first-order valence-electron chi connectivity index (χ1n) is 7.53. The molecule has 0 spiro atoms. The number of esters is 1. The van der Waals surface area contributed by atoms with Gasteiger partial charge in [-0.05, 0) is 32.9 Å². The Morgan fingerprint density at radius 3 is 2.44 bits per heavy atom. The summed E-state index contributed by atoms with van der Waals surface area (Å²) in [5.41, 5.74) is -0.956. The van der Waals surface area contributed by atoms with Crippen molar-refractivity contribution in [2.75, 3.05) is 0 Å². The maximum Gasteiger partial charge on any atom is 0.341 e. The number of hydrogen-bond donors (Lipinski definition) is 1. The largest absolute Gasteiger partial charge is 0.477 e. The predicted octanol–water partition coefficient (Wildman–Crippen LogP) is 3.21. The number of carboxylic acids is 1. The van der Waals surface area contributed by atoms with Gasteiger partial charge in [0.1, 0.15) is 17.7 Å². The van der Waals surface area contributed by atoms with Crippen LogP contribution in [0.3, 0.4) is 0 Å². The third-order valence-corrected chi connectivity index (χ3v) is 3.55. The zero-order valence-corrected chi connectivity index (χ0v) is 14.8. The van der Waals surface area contributed by atoms with E-state index >= 15 is 0 Å². The third-order valence-electron chi connectivity index (χ3n) is 3.22. The van der Waals surface area contributed by atoms with Crippen LogP contribution in [0.25, 0.3) is 11.1 Å². The number of rotatable bonds is 4. The highest BCUT2D eigenvalue weighted by atomic mass is 35.5. The van der Waals surface area contributed by atoms with Crippen molar-refractivity contribution in [2.45, 2.75) is 32.9 Å². The number of carbonyl (C=O) groups is 2. The lowest BCUT2D eigenvalue weighted by Gasteiger charge is -2.20. The van der Waals surface area contributed by atoms with Crippen molar-refractivity contribution in [3.8, 4) is 11.1 Å². The number of halogens is 1. The fourth-order valence-corrected chi connectivity index (χ4v) is 2.51. The summed E-state index contributed by atoms with van der Waals surface area (Å²) in [5.74, 6) is -2.01. The molecule has 132 valence electrons. The van der Waals surface area contributed by atoms with Crippen LogP contribution in [0.4, 0.5) is 0 Å². The molecule has 1 aromatic heterocycles. The monoisotopic (exact) mass is 363 g/mol. The Morgan fingerprint density at radius 1 is 1.24 bits per heavy atom. The molecule has 2 aromatic rings. The number of nitrogens with zero attached hydrogens (tertiary/aromatic N) is 1. The number of hydrogen-bond acceptors (Lipinski definition) is 4. The molecule has 0 amide bonds. The Morgan fingerprint density at radius 2 is 1.88 bits per heavy atom. The van der Waals surface area contributed by atoms with Crippen LogP contribution in [-0.2, 0) is 16.1 Å². The maximum absolute atomic E-state index is 12.3. The molecule has 0 saturated heterocycles. The zero-order valence-electron chi connectivity index (χ0n) is 14.1. The number of carbonyl (C=O) groups excluding carboxylic acids is 1. The lowest BCUT2D eigenvalue weighted by atomic mass is 10.1. The molecule has 0 bridgehead atoms. The summed E-state index contributed by atoms with van der Waals surface area (Å²) in [6, 6.07) is 8.08. The van der Waals surface area contributed by atoms with Gasteiger partial charge < -0.3 is 14.4 Å². The highest BCUT2D eigenvalue weighted by molar-refractivity contribution is 6.33. The minimum absolute atomic E-state index is 0.394. The van der Waals surface area contributed by atoms with E-state index in [2.05, 4.69) is 0 Å². The molecule has 7 heteroatoms. The minimum Gasteiger partial charge on any atom is -0.477 e. The van der Waals surface area contributed by atoms with Gasteiger partial charge in [-0.3, -0.25) is 9.59 Å². The van der Waals surface area contributed by atoms with E-state index in [0.29, 0.717) is 16.1 Å². The van der Waals surface area contributed by atoms with Crippen LogP contribution in [0.5, 0.6) is 0 Å². The lowest BCUT2D eigenvalue weighted by molar-refractivity contribution is -0.155. The fraction of sp³-hybridized carbons (Fsp3) is 0.278. The maximum atomic E-state index is 12.3. The Bertz CT molecular complexity index is 880. The second-order valence-corrected chi connectivity index (χ2v) is 6.85. The number of carboxylic acid groups (broad SMARTS) is 1. The van der Waals surface area contributed by atoms with Crippen molar-refractivity contribution in [3.05, 3.63) is 57.5 Å². The Kier molecular flexibility index (Phi) is 5.33. The van der Waals surface area contributed by atoms with Crippen molar-refractivity contribution in [1.29, 1.82) is 0 Å². The predicted molar refractivity (Wildman–Crippen MR) is 94.0 cm³/mol. The van der Waals surface area contributed by atoms with E-state index in [9.17, 15) is 19.5 Å². The highest BCUT2D eigenvalue weighted by Crippen LogP contribution is 2.27. The summed E-state index contributed by atoms with van der Waals surface area (Å²) in [4.78, 5) is 35.7. The summed E-state index contributed by atoms with van der Waals surface area (Å²) in [6.45, 7) is 4.72. The van der Waals surface area contributed by atoms with E-state index in [1.165, 1.54) is 12.3 Å². The molecule has 0 fully saturated rings. The first-order chi connectivity index (χ1) is 11.6. The smallest absolute Gasteiger partial charge is 0.341 e. The topological polar surface area (TPSA) is 85.6 Å². The van der Waals surface area contributed by atoms with E-state index in [0.717, 1.165) is 4.57 Å². The molecule has 0 saturated carbocycles. The first kappa shape index (κ1) is 18.7. The van der Waals surface area contributed by atoms with Gasteiger partial charge in [0.25, 0.3) is 5.56 Å². The second kappa shape index (κ2) is 7.11. The van der Waals surface area contributed by atoms with E-state index in [1.54, 1.807) is 45.0 Å². The fourth-order valence-electron chi connectivity index (χ4n) is 2.26. The van der Waals surface area contributed by atoms with Crippen LogP contribution in [0.15, 0.2) is 41.3 Å². The van der Waals surface area contributed by atoms with E-state index < -0.39 is 35.2 Å². The van der Waals surface area contributed by atoms with Crippen molar-refractivity contribution in [1.82, 2.24) is 4.57 Å². The van der Waals surface area contributed by atoms with Crippen molar-refractivity contribution in [3.63, 3.8) is 0 Å². The lowest BCUT2D eigenvalue weighted by Crippen LogP contribution is -2.32. The standard InChI is InChI=1S/C18H18ClNO5/c1-18(2,3)25-15(21)10-20-9-11(8-13(16(20)22)17(23)24)12-6-4-5-7-14(12)19/h4-9H,10H2,1-3H3,(H,23,24). The zero-order chi connectivity index (χ0) is 18.8. The summed E-state index contributed by atoms with van der Waals surface area (Å²) in [7, 11) is 0. The molecule has 2 rings (SSSR count). The van der Waals surface area contributed by atoms with Crippen LogP contribution in [0, 0.1) is 0 Å². The molecule has 0 unspecified atom stereocenters. The molecule has 0 radical (unpaired) electrons. The summed E-state index contributed by atoms with van der Waals surface area (Å²) >= 11 is 6.15. The van der Waals surface area contributed by atoms with Crippen LogP contribution in [-0.4, -0.2) is 27.2 Å². The molecule has 0 aliphatic rings. The second-order valence-electron chi connectivity index (χ2n) is 6.45. The van der Waals surface area contributed by atoms with Crippen LogP contribution >= 0.6 is 11.6 Å². The van der Waals surface area contributed by atoms with Gasteiger partial charge in [-0.15, -0.1) is 0 Å². The Labute approximate surface area is 149 Å². The van der Waals surface area contributed by atoms with Gasteiger partial charge in [-0.2, -0.15) is 0 Å². The average Bonchev–Trinajstić information content (AvgIpc) is 2.47. The Balaban J connectivity index is 2.53. The summed E-state index contributed by atoms with van der Waals surface area (Å²) in [5, 5.41) is 9.69. The summed E-state index contributed by atoms with van der Waals surface area (Å²) < 4.78 is 6.22. The quantitative estimate of drug-likeness (QED) is 0.843. The van der Waals surface area contributed by atoms with E-state index in [-0.39, 0.29) is 0 Å². The van der Waals surface area contributed by atoms with Crippen molar-refractivity contribution >= 4 is 23.5 Å². The van der Waals surface area contributed by atoms with Gasteiger partial charge in [-0.1, -0.05) is 29.8 Å². The van der Waals surface area contributed by atoms with Crippen LogP contribution in [0.1, 0.15) is 31.1 Å². The number of aromatic nitrogens is 1.